The molecule has 0 unspecified atom stereocenters. The van der Waals surface area contributed by atoms with E-state index < -0.39 is 46.2 Å². The first-order valence-electron chi connectivity index (χ1n) is 4.23. The summed E-state index contributed by atoms with van der Waals surface area (Å²) in [6, 6.07) is 0. The maximum absolute atomic E-state index is 10.9. The van der Waals surface area contributed by atoms with E-state index in [1.807, 2.05) is 0 Å². The molecule has 0 aliphatic carbocycles. The van der Waals surface area contributed by atoms with Crippen LogP contribution in [0.4, 0.5) is 0 Å². The van der Waals surface area contributed by atoms with Gasteiger partial charge in [0.25, 0.3) is 0 Å². The minimum atomic E-state index is -1.89. The van der Waals surface area contributed by atoms with Gasteiger partial charge in [-0.1, -0.05) is 0 Å². The van der Waals surface area contributed by atoms with Crippen LogP contribution in [0.5, 0.6) is 0 Å². The van der Waals surface area contributed by atoms with Gasteiger partial charge in [-0.05, 0) is 0 Å². The average molecular weight is 253 g/mol. The first kappa shape index (κ1) is 13.3. The van der Waals surface area contributed by atoms with Crippen molar-refractivity contribution in [2.45, 2.75) is 0 Å². The summed E-state index contributed by atoms with van der Waals surface area (Å²) in [7, 11) is 0.488. The van der Waals surface area contributed by atoms with Gasteiger partial charge >= 0.3 is 97.7 Å². The maximum atomic E-state index is 10.9. The number of aromatic nitrogens is 1. The van der Waals surface area contributed by atoms with Crippen molar-refractivity contribution >= 4 is 30.9 Å². The van der Waals surface area contributed by atoms with Crippen LogP contribution >= 0.6 is 0 Å². The Kier molecular flexibility index (Phi) is 3.41. The molecule has 0 saturated heterocycles. The number of hydrogen-bond acceptors (Lipinski definition) is 5. The molecular weight excluding hydrogens is 249 g/mol. The molecule has 1 heterocycles. The van der Waals surface area contributed by atoms with E-state index in [0.29, 0.717) is 7.05 Å². The number of hydrogen-bond donors (Lipinski definition) is 4. The normalized spacial score (nSPS) is 9.56. The number of carboxylic acid groups (broad SMARTS) is 4. The Morgan fingerprint density at radius 2 is 1.28 bits per heavy atom. The van der Waals surface area contributed by atoms with E-state index >= 15 is 0 Å². The monoisotopic (exact) mass is 253 g/mol. The predicted octanol–water partition coefficient (Wildman–Crippen LogP) is -0.787. The van der Waals surface area contributed by atoms with Crippen LogP contribution in [0.3, 0.4) is 0 Å². The summed E-state index contributed by atoms with van der Waals surface area (Å²) >= 11 is 0. The minimum absolute atomic E-state index is 0.488. The van der Waals surface area contributed by atoms with Gasteiger partial charge in [-0.15, -0.1) is 0 Å². The van der Waals surface area contributed by atoms with Gasteiger partial charge in [0.15, 0.2) is 0 Å². The number of rotatable bonds is 4. The van der Waals surface area contributed by atoms with E-state index in [0.717, 1.165) is 0 Å². The molecule has 0 aliphatic heterocycles. The van der Waals surface area contributed by atoms with Crippen molar-refractivity contribution in [2.75, 3.05) is 0 Å². The van der Waals surface area contributed by atoms with Crippen molar-refractivity contribution in [3.8, 4) is 0 Å². The summed E-state index contributed by atoms with van der Waals surface area (Å²) in [5.41, 5.74) is -4.23. The molecule has 1 rings (SSSR count). The fourth-order valence-corrected chi connectivity index (χ4v) is 1.27. The first-order valence-corrected chi connectivity index (χ1v) is 4.23. The third-order valence-corrected chi connectivity index (χ3v) is 1.94. The van der Waals surface area contributed by atoms with Crippen molar-refractivity contribution in [3.05, 3.63) is 22.3 Å². The number of carbonyl (C=O) groups is 4. The van der Waals surface area contributed by atoms with E-state index in [1.54, 1.807) is 0 Å². The van der Waals surface area contributed by atoms with Gasteiger partial charge in [0.2, 0.25) is 0 Å². The Bertz CT molecular complexity index is 530. The molecule has 0 saturated carbocycles. The molecule has 0 spiro atoms. The summed E-state index contributed by atoms with van der Waals surface area (Å²) in [6.45, 7) is 0. The standard InChI is InChI=1S/C8H4BNO8/c11-5(12)1-2(6(13)14)4(8(17)18)10-9-3(1)7(15)16/h(H,11,12)(H,13,14)(H,15,16)(H,17,18). The first-order chi connectivity index (χ1) is 8.27. The van der Waals surface area contributed by atoms with E-state index in [9.17, 15) is 19.2 Å². The van der Waals surface area contributed by atoms with Gasteiger partial charge in [-0.25, -0.2) is 0 Å². The van der Waals surface area contributed by atoms with E-state index in [4.69, 9.17) is 20.4 Å². The van der Waals surface area contributed by atoms with Gasteiger partial charge in [0.1, 0.15) is 0 Å². The van der Waals surface area contributed by atoms with Crippen LogP contribution in [0.2, 0.25) is 0 Å². The fraction of sp³-hybridized carbons (Fsp3) is 0. The van der Waals surface area contributed by atoms with Crippen molar-refractivity contribution in [1.82, 2.24) is 4.89 Å². The third-order valence-electron chi connectivity index (χ3n) is 1.94. The molecule has 1 aromatic heterocycles. The van der Waals surface area contributed by atoms with Crippen molar-refractivity contribution in [1.29, 1.82) is 0 Å². The SMILES string of the molecule is O=C(O)c1bnc(C(=O)O)c(C(=O)O)c1C(=O)O. The molecule has 4 N–H and O–H groups in total. The third kappa shape index (κ3) is 2.16. The molecule has 0 aromatic carbocycles. The van der Waals surface area contributed by atoms with Crippen LogP contribution < -0.4 is 0 Å². The second-order valence-corrected chi connectivity index (χ2v) is 2.99. The van der Waals surface area contributed by atoms with Crippen LogP contribution in [0, 0.1) is 0 Å². The van der Waals surface area contributed by atoms with Crippen LogP contribution in [-0.2, 0) is 0 Å². The van der Waals surface area contributed by atoms with Crippen molar-refractivity contribution in [3.63, 3.8) is 0 Å². The molecule has 9 nitrogen and oxygen atoms in total. The number of carboxylic acids is 4. The summed E-state index contributed by atoms with van der Waals surface area (Å²) in [5, 5.41) is 35.0. The van der Waals surface area contributed by atoms with Crippen LogP contribution in [-0.4, -0.2) is 56.2 Å². The van der Waals surface area contributed by atoms with Gasteiger partial charge < -0.3 is 0 Å². The predicted molar refractivity (Wildman–Crippen MR) is 53.4 cm³/mol. The zero-order valence-electron chi connectivity index (χ0n) is 8.45. The molecule has 0 aliphatic rings. The topological polar surface area (TPSA) is 162 Å². The summed E-state index contributed by atoms with van der Waals surface area (Å²) < 4.78 is 0. The second kappa shape index (κ2) is 4.61. The van der Waals surface area contributed by atoms with Crippen LogP contribution in [0.1, 0.15) is 41.5 Å². The Labute approximate surface area is 98.6 Å². The molecule has 10 heteroatoms. The molecular formula is C8H4BNO8. The van der Waals surface area contributed by atoms with E-state index in [1.165, 1.54) is 0 Å². The molecule has 1 aromatic rings. The van der Waals surface area contributed by atoms with Gasteiger partial charge in [-0.3, -0.25) is 0 Å². The van der Waals surface area contributed by atoms with Gasteiger partial charge in [-0.2, -0.15) is 0 Å². The Morgan fingerprint density at radius 1 is 0.778 bits per heavy atom. The van der Waals surface area contributed by atoms with Gasteiger partial charge in [0.05, 0.1) is 0 Å². The zero-order valence-corrected chi connectivity index (χ0v) is 8.45. The second-order valence-electron chi connectivity index (χ2n) is 2.99. The number of nitrogens with zero attached hydrogens (tertiary/aromatic N) is 1. The molecule has 0 fully saturated rings. The van der Waals surface area contributed by atoms with Crippen molar-refractivity contribution in [2.24, 2.45) is 0 Å². The number of aromatic carboxylic acids is 4. The molecule has 92 valence electrons. The summed E-state index contributed by atoms with van der Waals surface area (Å²) in [5.74, 6) is -7.25. The summed E-state index contributed by atoms with van der Waals surface area (Å²) in [4.78, 5) is 46.3. The Morgan fingerprint density at radius 3 is 1.61 bits per heavy atom. The fourth-order valence-electron chi connectivity index (χ4n) is 1.27. The Hall–Kier alpha value is -2.78. The van der Waals surface area contributed by atoms with Crippen LogP contribution in [0.25, 0.3) is 0 Å². The molecule has 0 radical (unpaired) electrons. The summed E-state index contributed by atoms with van der Waals surface area (Å²) in [6.07, 6.45) is 0. The quantitative estimate of drug-likeness (QED) is 0.538. The molecule has 0 amide bonds. The van der Waals surface area contributed by atoms with Gasteiger partial charge in [0, 0.05) is 0 Å². The Balaban J connectivity index is 3.82. The molecule has 0 bridgehead atoms. The molecule has 0 atom stereocenters. The van der Waals surface area contributed by atoms with E-state index in [-0.39, 0.29) is 0 Å². The van der Waals surface area contributed by atoms with Crippen molar-refractivity contribution < 1.29 is 39.6 Å². The zero-order chi connectivity index (χ0) is 14.0. The van der Waals surface area contributed by atoms with Crippen LogP contribution in [0.15, 0.2) is 0 Å². The van der Waals surface area contributed by atoms with E-state index in [2.05, 4.69) is 4.89 Å². The molecule has 18 heavy (non-hydrogen) atoms. The average Bonchev–Trinajstić information content (AvgIpc) is 2.26.